The van der Waals surface area contributed by atoms with Gasteiger partial charge in [0.25, 0.3) is 5.69 Å². The number of nitro groups is 1. The molecule has 0 aliphatic heterocycles. The van der Waals surface area contributed by atoms with Gasteiger partial charge in [-0.1, -0.05) is 25.1 Å². The molecule has 128 valence electrons. The third-order valence-electron chi connectivity index (χ3n) is 3.80. The van der Waals surface area contributed by atoms with Crippen molar-refractivity contribution >= 4 is 17.1 Å². The fraction of sp³-hybridized carbons (Fsp3) is 0.353. The Morgan fingerprint density at radius 2 is 1.96 bits per heavy atom. The number of rotatable bonds is 7. The van der Waals surface area contributed by atoms with E-state index in [1.54, 1.807) is 0 Å². The van der Waals surface area contributed by atoms with Gasteiger partial charge >= 0.3 is 0 Å². The fourth-order valence-corrected chi connectivity index (χ4v) is 2.70. The molecular weight excluding hydrogens is 308 g/mol. The van der Waals surface area contributed by atoms with Gasteiger partial charge in [-0.3, -0.25) is 15.0 Å². The molecule has 0 aliphatic carbocycles. The molecule has 7 nitrogen and oxygen atoms in total. The van der Waals surface area contributed by atoms with E-state index < -0.39 is 4.92 Å². The predicted molar refractivity (Wildman–Crippen MR) is 93.8 cm³/mol. The third kappa shape index (κ3) is 3.62. The van der Waals surface area contributed by atoms with E-state index in [1.807, 2.05) is 61.2 Å². The van der Waals surface area contributed by atoms with Gasteiger partial charge in [0, 0.05) is 5.69 Å². The van der Waals surface area contributed by atoms with Crippen molar-refractivity contribution in [3.63, 3.8) is 0 Å². The van der Waals surface area contributed by atoms with Gasteiger partial charge in [-0.05, 0) is 32.6 Å². The van der Waals surface area contributed by atoms with Crippen LogP contribution in [0.3, 0.4) is 0 Å². The Balaban J connectivity index is 2.65. The monoisotopic (exact) mass is 330 g/mol. The predicted octanol–water partition coefficient (Wildman–Crippen LogP) is 3.43. The van der Waals surface area contributed by atoms with E-state index in [9.17, 15) is 10.1 Å². The number of hydrogen-bond acceptors (Lipinski definition) is 6. The highest BCUT2D eigenvalue weighted by atomic mass is 16.6. The summed E-state index contributed by atoms with van der Waals surface area (Å²) in [5.74, 6) is 0.219. The molecule has 0 saturated heterocycles. The molecule has 2 aromatic rings. The minimum absolute atomic E-state index is 0.0361. The van der Waals surface area contributed by atoms with E-state index in [0.29, 0.717) is 5.69 Å². The minimum Gasteiger partial charge on any atom is -0.481 e. The lowest BCUT2D eigenvalue weighted by Crippen LogP contribution is -2.42. The summed E-state index contributed by atoms with van der Waals surface area (Å²) in [5, 5.41) is 11.6. The van der Waals surface area contributed by atoms with Gasteiger partial charge in [-0.2, -0.15) is 0 Å². The maximum atomic E-state index is 11.6. The first-order valence-corrected chi connectivity index (χ1v) is 7.68. The normalized spacial score (nSPS) is 12.0. The molecule has 0 N–H and O–H groups in total. The lowest BCUT2D eigenvalue weighted by atomic mass is 10.2. The summed E-state index contributed by atoms with van der Waals surface area (Å²) in [6, 6.07) is 11.0. The number of aromatic nitrogens is 1. The van der Waals surface area contributed by atoms with E-state index >= 15 is 0 Å². The number of anilines is 2. The van der Waals surface area contributed by atoms with Gasteiger partial charge in [0.15, 0.2) is 0 Å². The highest BCUT2D eigenvalue weighted by Gasteiger charge is 2.28. The van der Waals surface area contributed by atoms with Crippen LogP contribution in [0.5, 0.6) is 5.88 Å². The molecule has 1 heterocycles. The molecule has 2 rings (SSSR count). The van der Waals surface area contributed by atoms with Crippen LogP contribution in [0.2, 0.25) is 0 Å². The molecule has 1 atom stereocenters. The molecule has 0 radical (unpaired) electrons. The Labute approximate surface area is 141 Å². The van der Waals surface area contributed by atoms with Crippen molar-refractivity contribution in [3.05, 3.63) is 52.7 Å². The van der Waals surface area contributed by atoms with Gasteiger partial charge in [0.2, 0.25) is 5.88 Å². The van der Waals surface area contributed by atoms with Crippen LogP contribution in [-0.2, 0) is 0 Å². The molecule has 1 aromatic heterocycles. The molecule has 1 aromatic carbocycles. The molecule has 0 spiro atoms. The molecule has 0 fully saturated rings. The number of pyridine rings is 1. The highest BCUT2D eigenvalue weighted by Crippen LogP contribution is 2.37. The zero-order valence-electron chi connectivity index (χ0n) is 14.3. The largest absolute Gasteiger partial charge is 0.481 e. The van der Waals surface area contributed by atoms with E-state index in [1.165, 1.54) is 19.4 Å². The average Bonchev–Trinajstić information content (AvgIpc) is 2.59. The number of nitrogens with zero attached hydrogens (tertiary/aromatic N) is 4. The maximum absolute atomic E-state index is 11.6. The highest BCUT2D eigenvalue weighted by molar-refractivity contribution is 5.72. The Morgan fingerprint density at radius 3 is 2.46 bits per heavy atom. The van der Waals surface area contributed by atoms with Crippen molar-refractivity contribution in [2.24, 2.45) is 0 Å². The first kappa shape index (κ1) is 17.7. The second-order valence-corrected chi connectivity index (χ2v) is 5.53. The smallest absolute Gasteiger partial charge is 0.299 e. The van der Waals surface area contributed by atoms with Crippen molar-refractivity contribution in [2.75, 3.05) is 26.1 Å². The van der Waals surface area contributed by atoms with Crippen LogP contribution in [0, 0.1) is 10.1 Å². The van der Waals surface area contributed by atoms with Crippen LogP contribution in [0.15, 0.2) is 42.6 Å². The molecule has 0 bridgehead atoms. The number of para-hydroxylation sites is 1. The second kappa shape index (κ2) is 7.74. The van der Waals surface area contributed by atoms with Crippen molar-refractivity contribution in [3.8, 4) is 5.88 Å². The average molecular weight is 330 g/mol. The minimum atomic E-state index is -0.405. The molecule has 0 amide bonds. The Kier molecular flexibility index (Phi) is 5.70. The first-order valence-electron chi connectivity index (χ1n) is 7.68. The van der Waals surface area contributed by atoms with E-state index in [4.69, 9.17) is 4.74 Å². The summed E-state index contributed by atoms with van der Waals surface area (Å²) in [5.41, 5.74) is 1.27. The van der Waals surface area contributed by atoms with Crippen molar-refractivity contribution in [1.82, 2.24) is 9.88 Å². The van der Waals surface area contributed by atoms with Gasteiger partial charge < -0.3 is 9.64 Å². The van der Waals surface area contributed by atoms with E-state index in [2.05, 4.69) is 4.98 Å². The van der Waals surface area contributed by atoms with Crippen LogP contribution < -0.4 is 9.64 Å². The topological polar surface area (TPSA) is 71.7 Å². The zero-order chi connectivity index (χ0) is 17.7. The summed E-state index contributed by atoms with van der Waals surface area (Å²) < 4.78 is 5.04. The van der Waals surface area contributed by atoms with Crippen LogP contribution >= 0.6 is 0 Å². The fourth-order valence-electron chi connectivity index (χ4n) is 2.70. The molecule has 7 heteroatoms. The van der Waals surface area contributed by atoms with Crippen LogP contribution in [0.25, 0.3) is 0 Å². The zero-order valence-corrected chi connectivity index (χ0v) is 14.3. The van der Waals surface area contributed by atoms with Gasteiger partial charge in [-0.25, -0.2) is 4.98 Å². The second-order valence-electron chi connectivity index (χ2n) is 5.53. The molecule has 24 heavy (non-hydrogen) atoms. The molecule has 1 unspecified atom stereocenters. The maximum Gasteiger partial charge on any atom is 0.299 e. The van der Waals surface area contributed by atoms with Crippen LogP contribution in [-0.4, -0.2) is 42.2 Å². The molecule has 0 aliphatic rings. The number of ether oxygens (including phenoxy) is 1. The number of benzene rings is 1. The van der Waals surface area contributed by atoms with Gasteiger partial charge in [0.05, 0.1) is 30.5 Å². The summed E-state index contributed by atoms with van der Waals surface area (Å²) in [6.07, 6.45) is 2.22. The summed E-state index contributed by atoms with van der Waals surface area (Å²) in [4.78, 5) is 19.3. The third-order valence-corrected chi connectivity index (χ3v) is 3.80. The van der Waals surface area contributed by atoms with E-state index in [-0.39, 0.29) is 17.7 Å². The first-order chi connectivity index (χ1) is 11.5. The summed E-state index contributed by atoms with van der Waals surface area (Å²) >= 11 is 0. The van der Waals surface area contributed by atoms with Crippen LogP contribution in [0.4, 0.5) is 17.1 Å². The van der Waals surface area contributed by atoms with Gasteiger partial charge in [0.1, 0.15) is 5.69 Å². The Bertz CT molecular complexity index is 691. The standard InChI is InChI=1S/C17H22N4O3/c1-5-17(19(2)3)20(13-9-7-6-8-10-13)15-12-18-16(24-4)11-14(15)21(22)23/h6-12,17H,5H2,1-4H3. The lowest BCUT2D eigenvalue weighted by molar-refractivity contribution is -0.384. The van der Waals surface area contributed by atoms with Gasteiger partial charge in [-0.15, -0.1) is 0 Å². The quantitative estimate of drug-likeness (QED) is 0.440. The van der Waals surface area contributed by atoms with Crippen molar-refractivity contribution in [1.29, 1.82) is 0 Å². The summed E-state index contributed by atoms with van der Waals surface area (Å²) in [7, 11) is 5.34. The van der Waals surface area contributed by atoms with E-state index in [0.717, 1.165) is 12.1 Å². The molecule has 0 saturated carbocycles. The SMILES string of the molecule is CCC(N(C)C)N(c1ccccc1)c1cnc(OC)cc1[N+](=O)[O-]. The Morgan fingerprint density at radius 1 is 1.29 bits per heavy atom. The number of hydrogen-bond donors (Lipinski definition) is 0. The van der Waals surface area contributed by atoms with Crippen molar-refractivity contribution in [2.45, 2.75) is 19.5 Å². The lowest BCUT2D eigenvalue weighted by Gasteiger charge is -2.36. The number of methoxy groups -OCH3 is 1. The summed E-state index contributed by atoms with van der Waals surface area (Å²) in [6.45, 7) is 2.05. The van der Waals surface area contributed by atoms with Crippen LogP contribution in [0.1, 0.15) is 13.3 Å². The molecular formula is C17H22N4O3. The van der Waals surface area contributed by atoms with Crippen molar-refractivity contribution < 1.29 is 9.66 Å². The Hall–Kier alpha value is -2.67.